The van der Waals surface area contributed by atoms with E-state index in [0.717, 1.165) is 13.1 Å². The van der Waals surface area contributed by atoms with Crippen molar-refractivity contribution in [3.8, 4) is 0 Å². The van der Waals surface area contributed by atoms with Crippen LogP contribution in [0.5, 0.6) is 0 Å². The smallest absolute Gasteiger partial charge is 0.224 e. The van der Waals surface area contributed by atoms with Gasteiger partial charge < -0.3 is 10.6 Å². The summed E-state index contributed by atoms with van der Waals surface area (Å²) < 4.78 is 0. The predicted molar refractivity (Wildman–Crippen MR) is 60.5 cm³/mol. The van der Waals surface area contributed by atoms with E-state index in [1.54, 1.807) is 0 Å². The van der Waals surface area contributed by atoms with E-state index >= 15 is 0 Å². The maximum absolute atomic E-state index is 12.0. The first-order chi connectivity index (χ1) is 7.27. The highest BCUT2D eigenvalue weighted by molar-refractivity contribution is 5.79. The van der Waals surface area contributed by atoms with Gasteiger partial charge in [-0.25, -0.2) is 0 Å². The summed E-state index contributed by atoms with van der Waals surface area (Å²) in [5.74, 6) is 0.972. The van der Waals surface area contributed by atoms with E-state index in [0.29, 0.717) is 12.0 Å². The van der Waals surface area contributed by atoms with E-state index in [1.165, 1.54) is 32.1 Å². The van der Waals surface area contributed by atoms with Crippen molar-refractivity contribution in [3.63, 3.8) is 0 Å². The largest absolute Gasteiger partial charge is 0.353 e. The molecule has 1 saturated carbocycles. The van der Waals surface area contributed by atoms with Gasteiger partial charge in [0, 0.05) is 12.6 Å². The molecule has 1 amide bonds. The maximum atomic E-state index is 12.0. The fourth-order valence-electron chi connectivity index (χ4n) is 2.72. The summed E-state index contributed by atoms with van der Waals surface area (Å²) in [6.45, 7) is 4.01. The first kappa shape index (κ1) is 10.9. The van der Waals surface area contributed by atoms with E-state index in [4.69, 9.17) is 0 Å². The van der Waals surface area contributed by atoms with Gasteiger partial charge >= 0.3 is 0 Å². The lowest BCUT2D eigenvalue weighted by Crippen LogP contribution is -2.41. The molecule has 2 aliphatic rings. The molecule has 0 aromatic carbocycles. The predicted octanol–water partition coefficient (Wildman–Crippen LogP) is 1.29. The molecule has 2 unspecified atom stereocenters. The fourth-order valence-corrected chi connectivity index (χ4v) is 2.72. The van der Waals surface area contributed by atoms with Crippen molar-refractivity contribution in [2.45, 2.75) is 45.1 Å². The van der Waals surface area contributed by atoms with E-state index < -0.39 is 0 Å². The van der Waals surface area contributed by atoms with Crippen LogP contribution < -0.4 is 10.6 Å². The molecule has 3 heteroatoms. The Labute approximate surface area is 92.0 Å². The molecule has 2 atom stereocenters. The zero-order valence-electron chi connectivity index (χ0n) is 9.59. The summed E-state index contributed by atoms with van der Waals surface area (Å²) in [6, 6.07) is 0.457. The molecule has 2 rings (SSSR count). The number of hydrogen-bond donors (Lipinski definition) is 2. The Kier molecular flexibility index (Phi) is 3.62. The third kappa shape index (κ3) is 2.71. The average molecular weight is 210 g/mol. The van der Waals surface area contributed by atoms with Gasteiger partial charge in [0.25, 0.3) is 0 Å². The Morgan fingerprint density at radius 1 is 1.20 bits per heavy atom. The van der Waals surface area contributed by atoms with Crippen LogP contribution in [0.1, 0.15) is 39.0 Å². The van der Waals surface area contributed by atoms with Crippen LogP contribution in [-0.4, -0.2) is 25.0 Å². The van der Waals surface area contributed by atoms with Gasteiger partial charge in [-0.3, -0.25) is 4.79 Å². The lowest BCUT2D eigenvalue weighted by atomic mass is 9.93. The summed E-state index contributed by atoms with van der Waals surface area (Å²) in [6.07, 6.45) is 6.27. The molecule has 1 saturated heterocycles. The molecule has 0 aromatic heterocycles. The first-order valence-electron chi connectivity index (χ1n) is 6.28. The minimum atomic E-state index is 0.201. The number of carbonyl (C=O) groups excluding carboxylic acids is 1. The summed E-state index contributed by atoms with van der Waals surface area (Å²) >= 11 is 0. The molecule has 2 fully saturated rings. The van der Waals surface area contributed by atoms with Gasteiger partial charge in [0.1, 0.15) is 0 Å². The quantitative estimate of drug-likeness (QED) is 0.721. The number of hydrogen-bond acceptors (Lipinski definition) is 2. The number of rotatable bonds is 2. The molecule has 15 heavy (non-hydrogen) atoms. The monoisotopic (exact) mass is 210 g/mol. The molecular formula is C12H22N2O. The minimum absolute atomic E-state index is 0.201. The van der Waals surface area contributed by atoms with Crippen LogP contribution in [0.15, 0.2) is 0 Å². The van der Waals surface area contributed by atoms with Crippen LogP contribution >= 0.6 is 0 Å². The van der Waals surface area contributed by atoms with Crippen LogP contribution in [0, 0.1) is 11.8 Å². The standard InChI is InChI=1S/C12H22N2O/c1-9-7-13-8-11(9)12(15)14-10-5-3-2-4-6-10/h9-11,13H,2-8H2,1H3,(H,14,15). The lowest BCUT2D eigenvalue weighted by Gasteiger charge is -2.25. The Morgan fingerprint density at radius 2 is 1.93 bits per heavy atom. The lowest BCUT2D eigenvalue weighted by molar-refractivity contribution is -0.126. The normalized spacial score (nSPS) is 32.9. The SMILES string of the molecule is CC1CNCC1C(=O)NC1CCCCC1. The second-order valence-corrected chi connectivity index (χ2v) is 5.09. The summed E-state index contributed by atoms with van der Waals surface area (Å²) in [4.78, 5) is 12.0. The molecule has 0 aromatic rings. The van der Waals surface area contributed by atoms with Crippen LogP contribution in [0.4, 0.5) is 0 Å². The molecular weight excluding hydrogens is 188 g/mol. The van der Waals surface area contributed by atoms with E-state index in [-0.39, 0.29) is 11.8 Å². The highest BCUT2D eigenvalue weighted by Crippen LogP contribution is 2.20. The van der Waals surface area contributed by atoms with Gasteiger partial charge in [-0.1, -0.05) is 26.2 Å². The third-order valence-electron chi connectivity index (χ3n) is 3.81. The molecule has 3 nitrogen and oxygen atoms in total. The van der Waals surface area contributed by atoms with Gasteiger partial charge in [-0.2, -0.15) is 0 Å². The number of nitrogens with one attached hydrogen (secondary N) is 2. The Bertz CT molecular complexity index is 224. The van der Waals surface area contributed by atoms with Crippen molar-refractivity contribution < 1.29 is 4.79 Å². The summed E-state index contributed by atoms with van der Waals surface area (Å²) in [7, 11) is 0. The maximum Gasteiger partial charge on any atom is 0.224 e. The van der Waals surface area contributed by atoms with Gasteiger partial charge in [0.05, 0.1) is 5.92 Å². The molecule has 1 aliphatic heterocycles. The topological polar surface area (TPSA) is 41.1 Å². The molecule has 1 heterocycles. The summed E-state index contributed by atoms with van der Waals surface area (Å²) in [5, 5.41) is 6.49. The van der Waals surface area contributed by atoms with Crippen LogP contribution in [0.25, 0.3) is 0 Å². The fraction of sp³-hybridized carbons (Fsp3) is 0.917. The minimum Gasteiger partial charge on any atom is -0.353 e. The van der Waals surface area contributed by atoms with E-state index in [1.807, 2.05) is 0 Å². The third-order valence-corrected chi connectivity index (χ3v) is 3.81. The van der Waals surface area contributed by atoms with Crippen molar-refractivity contribution in [1.82, 2.24) is 10.6 Å². The Hall–Kier alpha value is -0.570. The van der Waals surface area contributed by atoms with Gasteiger partial charge in [-0.15, -0.1) is 0 Å². The molecule has 0 radical (unpaired) electrons. The molecule has 0 spiro atoms. The first-order valence-corrected chi connectivity index (χ1v) is 6.28. The van der Waals surface area contributed by atoms with Gasteiger partial charge in [0.15, 0.2) is 0 Å². The van der Waals surface area contributed by atoms with Crippen molar-refractivity contribution in [2.75, 3.05) is 13.1 Å². The van der Waals surface area contributed by atoms with Crippen LogP contribution in [-0.2, 0) is 4.79 Å². The van der Waals surface area contributed by atoms with Gasteiger partial charge in [0.2, 0.25) is 5.91 Å². The van der Waals surface area contributed by atoms with Crippen LogP contribution in [0.2, 0.25) is 0 Å². The van der Waals surface area contributed by atoms with Crippen molar-refractivity contribution in [1.29, 1.82) is 0 Å². The van der Waals surface area contributed by atoms with E-state index in [2.05, 4.69) is 17.6 Å². The Morgan fingerprint density at radius 3 is 2.53 bits per heavy atom. The Balaban J connectivity index is 1.80. The molecule has 1 aliphatic carbocycles. The number of carbonyl (C=O) groups is 1. The highest BCUT2D eigenvalue weighted by Gasteiger charge is 2.30. The van der Waals surface area contributed by atoms with E-state index in [9.17, 15) is 4.79 Å². The van der Waals surface area contributed by atoms with Crippen molar-refractivity contribution >= 4 is 5.91 Å². The molecule has 2 N–H and O–H groups in total. The average Bonchev–Trinajstić information content (AvgIpc) is 2.66. The molecule has 86 valence electrons. The second kappa shape index (κ2) is 4.97. The number of amides is 1. The molecule has 0 bridgehead atoms. The summed E-state index contributed by atoms with van der Waals surface area (Å²) in [5.41, 5.74) is 0. The highest BCUT2D eigenvalue weighted by atomic mass is 16.2. The van der Waals surface area contributed by atoms with Crippen molar-refractivity contribution in [3.05, 3.63) is 0 Å². The van der Waals surface area contributed by atoms with Gasteiger partial charge in [-0.05, 0) is 25.3 Å². The van der Waals surface area contributed by atoms with Crippen molar-refractivity contribution in [2.24, 2.45) is 11.8 Å². The van der Waals surface area contributed by atoms with Crippen LogP contribution in [0.3, 0.4) is 0 Å². The second-order valence-electron chi connectivity index (χ2n) is 5.09. The zero-order valence-corrected chi connectivity index (χ0v) is 9.59. The zero-order chi connectivity index (χ0) is 10.7.